The zero-order valence-electron chi connectivity index (χ0n) is 10.7. The molecule has 0 bridgehead atoms. The van der Waals surface area contributed by atoms with Crippen LogP contribution in [0, 0.1) is 5.92 Å². The topological polar surface area (TPSA) is 24.5 Å². The first-order valence-corrected chi connectivity index (χ1v) is 6.80. The fourth-order valence-corrected chi connectivity index (χ4v) is 2.88. The Morgan fingerprint density at radius 1 is 1.25 bits per heavy atom. The van der Waals surface area contributed by atoms with Gasteiger partial charge in [-0.25, -0.2) is 0 Å². The van der Waals surface area contributed by atoms with Crippen LogP contribution in [0.15, 0.2) is 0 Å². The summed E-state index contributed by atoms with van der Waals surface area (Å²) in [6, 6.07) is 0.756. The predicted molar refractivity (Wildman–Crippen MR) is 66.7 cm³/mol. The number of nitrogens with one attached hydrogen (secondary N) is 1. The Balaban J connectivity index is 1.63. The van der Waals surface area contributed by atoms with Crippen LogP contribution in [0.3, 0.4) is 0 Å². The van der Waals surface area contributed by atoms with Crippen molar-refractivity contribution in [3.63, 3.8) is 0 Å². The van der Waals surface area contributed by atoms with Gasteiger partial charge in [-0.1, -0.05) is 6.42 Å². The minimum atomic E-state index is 0.455. The van der Waals surface area contributed by atoms with Crippen molar-refractivity contribution in [1.82, 2.24) is 10.2 Å². The van der Waals surface area contributed by atoms with Gasteiger partial charge in [0.1, 0.15) is 0 Å². The number of piperidine rings is 1. The number of likely N-dealkylation sites (tertiary alicyclic amines) is 1. The lowest BCUT2D eigenvalue weighted by Crippen LogP contribution is -2.44. The van der Waals surface area contributed by atoms with E-state index < -0.39 is 0 Å². The first kappa shape index (κ1) is 12.3. The maximum absolute atomic E-state index is 5.58. The summed E-state index contributed by atoms with van der Waals surface area (Å²) in [5.74, 6) is 0.730. The summed E-state index contributed by atoms with van der Waals surface area (Å²) in [5, 5.41) is 3.64. The van der Waals surface area contributed by atoms with E-state index in [1.165, 1.54) is 32.2 Å². The molecule has 0 spiro atoms. The average Bonchev–Trinajstić information content (AvgIpc) is 2.67. The molecule has 3 atom stereocenters. The third kappa shape index (κ3) is 3.19. The van der Waals surface area contributed by atoms with E-state index in [0.717, 1.165) is 31.7 Å². The van der Waals surface area contributed by atoms with Crippen LogP contribution in [0.4, 0.5) is 0 Å². The van der Waals surface area contributed by atoms with Gasteiger partial charge in [0.25, 0.3) is 0 Å². The molecule has 2 fully saturated rings. The van der Waals surface area contributed by atoms with Gasteiger partial charge in [-0.3, -0.25) is 0 Å². The molecule has 2 aliphatic rings. The van der Waals surface area contributed by atoms with Crippen molar-refractivity contribution in [2.75, 3.05) is 33.3 Å². The van der Waals surface area contributed by atoms with E-state index in [4.69, 9.17) is 4.74 Å². The molecule has 0 radical (unpaired) electrons. The molecule has 0 saturated carbocycles. The molecule has 16 heavy (non-hydrogen) atoms. The second kappa shape index (κ2) is 5.99. The standard InChI is InChI=1S/C13H26N2O/c1-11-12(6-8-16-11)9-14-10-13-5-3-4-7-15(13)2/h11-14H,3-10H2,1-2H3. The normalized spacial score (nSPS) is 36.8. The van der Waals surface area contributed by atoms with Gasteiger partial charge in [0.2, 0.25) is 0 Å². The Hall–Kier alpha value is -0.120. The molecule has 2 heterocycles. The van der Waals surface area contributed by atoms with Crippen LogP contribution < -0.4 is 5.32 Å². The fourth-order valence-electron chi connectivity index (χ4n) is 2.88. The van der Waals surface area contributed by atoms with Gasteiger partial charge in [-0.15, -0.1) is 0 Å². The van der Waals surface area contributed by atoms with E-state index in [9.17, 15) is 0 Å². The van der Waals surface area contributed by atoms with Gasteiger partial charge in [0.05, 0.1) is 6.10 Å². The van der Waals surface area contributed by atoms with E-state index in [-0.39, 0.29) is 0 Å². The molecular weight excluding hydrogens is 200 g/mol. The van der Waals surface area contributed by atoms with Gasteiger partial charge in [0, 0.05) is 25.7 Å². The summed E-state index contributed by atoms with van der Waals surface area (Å²) in [6.07, 6.45) is 5.83. The van der Waals surface area contributed by atoms with Crippen molar-refractivity contribution in [3.8, 4) is 0 Å². The van der Waals surface area contributed by atoms with Crippen LogP contribution in [-0.4, -0.2) is 50.3 Å². The summed E-state index contributed by atoms with van der Waals surface area (Å²) in [6.45, 7) is 6.71. The molecule has 2 rings (SSSR count). The number of nitrogens with zero attached hydrogens (tertiary/aromatic N) is 1. The van der Waals surface area contributed by atoms with Crippen LogP contribution in [0.25, 0.3) is 0 Å². The largest absolute Gasteiger partial charge is 0.378 e. The molecule has 94 valence electrons. The Bertz CT molecular complexity index is 210. The maximum Gasteiger partial charge on any atom is 0.0588 e. The third-order valence-corrected chi connectivity index (χ3v) is 4.24. The molecule has 3 unspecified atom stereocenters. The van der Waals surface area contributed by atoms with Crippen molar-refractivity contribution in [2.45, 2.75) is 44.8 Å². The van der Waals surface area contributed by atoms with Crippen LogP contribution in [-0.2, 0) is 4.74 Å². The Kier molecular flexibility index (Phi) is 4.62. The predicted octanol–water partition coefficient (Wildman–Crippen LogP) is 1.49. The van der Waals surface area contributed by atoms with E-state index in [1.807, 2.05) is 0 Å². The molecule has 1 N–H and O–H groups in total. The Labute approximate surface area is 99.5 Å². The van der Waals surface area contributed by atoms with Crippen molar-refractivity contribution in [2.24, 2.45) is 5.92 Å². The zero-order valence-corrected chi connectivity index (χ0v) is 10.7. The monoisotopic (exact) mass is 226 g/mol. The number of hydrogen-bond acceptors (Lipinski definition) is 3. The molecule has 2 aliphatic heterocycles. The summed E-state index contributed by atoms with van der Waals surface area (Å²) >= 11 is 0. The number of hydrogen-bond donors (Lipinski definition) is 1. The average molecular weight is 226 g/mol. The lowest BCUT2D eigenvalue weighted by molar-refractivity contribution is 0.104. The minimum absolute atomic E-state index is 0.455. The fraction of sp³-hybridized carbons (Fsp3) is 1.00. The summed E-state index contributed by atoms with van der Waals surface area (Å²) in [4.78, 5) is 2.51. The van der Waals surface area contributed by atoms with Gasteiger partial charge in [-0.05, 0) is 45.7 Å². The van der Waals surface area contributed by atoms with E-state index in [2.05, 4.69) is 24.2 Å². The highest BCUT2D eigenvalue weighted by Crippen LogP contribution is 2.19. The smallest absolute Gasteiger partial charge is 0.0588 e. The van der Waals surface area contributed by atoms with Crippen LogP contribution in [0.5, 0.6) is 0 Å². The quantitative estimate of drug-likeness (QED) is 0.786. The van der Waals surface area contributed by atoms with Crippen LogP contribution in [0.2, 0.25) is 0 Å². The molecule has 0 aliphatic carbocycles. The zero-order chi connectivity index (χ0) is 11.4. The molecule has 0 aromatic rings. The van der Waals surface area contributed by atoms with E-state index in [1.54, 1.807) is 0 Å². The van der Waals surface area contributed by atoms with Gasteiger partial charge < -0.3 is 15.0 Å². The van der Waals surface area contributed by atoms with Gasteiger partial charge in [-0.2, -0.15) is 0 Å². The van der Waals surface area contributed by atoms with Crippen LogP contribution in [0.1, 0.15) is 32.6 Å². The summed E-state index contributed by atoms with van der Waals surface area (Å²) in [7, 11) is 2.26. The molecule has 0 aromatic heterocycles. The lowest BCUT2D eigenvalue weighted by Gasteiger charge is -2.33. The lowest BCUT2D eigenvalue weighted by atomic mass is 10.0. The molecule has 3 heteroatoms. The van der Waals surface area contributed by atoms with Crippen molar-refractivity contribution in [3.05, 3.63) is 0 Å². The van der Waals surface area contributed by atoms with Crippen molar-refractivity contribution >= 4 is 0 Å². The first-order chi connectivity index (χ1) is 7.77. The summed E-state index contributed by atoms with van der Waals surface area (Å²) < 4.78 is 5.58. The molecular formula is C13H26N2O. The second-order valence-corrected chi connectivity index (χ2v) is 5.41. The Morgan fingerprint density at radius 3 is 2.81 bits per heavy atom. The van der Waals surface area contributed by atoms with Gasteiger partial charge >= 0.3 is 0 Å². The number of likely N-dealkylation sites (N-methyl/N-ethyl adjacent to an activating group) is 1. The van der Waals surface area contributed by atoms with Crippen molar-refractivity contribution < 1.29 is 4.74 Å². The summed E-state index contributed by atoms with van der Waals surface area (Å²) in [5.41, 5.74) is 0. The number of rotatable bonds is 4. The highest BCUT2D eigenvalue weighted by atomic mass is 16.5. The second-order valence-electron chi connectivity index (χ2n) is 5.41. The minimum Gasteiger partial charge on any atom is -0.378 e. The first-order valence-electron chi connectivity index (χ1n) is 6.80. The molecule has 2 saturated heterocycles. The van der Waals surface area contributed by atoms with E-state index in [0.29, 0.717) is 6.10 Å². The maximum atomic E-state index is 5.58. The van der Waals surface area contributed by atoms with Crippen molar-refractivity contribution in [1.29, 1.82) is 0 Å². The van der Waals surface area contributed by atoms with Crippen LogP contribution >= 0.6 is 0 Å². The highest BCUT2D eigenvalue weighted by molar-refractivity contribution is 4.79. The number of ether oxygens (including phenoxy) is 1. The molecule has 0 amide bonds. The van der Waals surface area contributed by atoms with Gasteiger partial charge in [0.15, 0.2) is 0 Å². The molecule has 0 aromatic carbocycles. The molecule has 3 nitrogen and oxygen atoms in total. The Morgan fingerprint density at radius 2 is 2.12 bits per heavy atom. The SMILES string of the molecule is CC1OCCC1CNCC1CCCCN1C. The third-order valence-electron chi connectivity index (χ3n) is 4.24. The highest BCUT2D eigenvalue weighted by Gasteiger charge is 2.24. The van der Waals surface area contributed by atoms with E-state index >= 15 is 0 Å².